The number of ether oxygens (including phenoxy) is 1. The Balaban J connectivity index is 1.79. The molecular formula is C21H15F3N4O3S. The molecule has 0 fully saturated rings. The molecule has 164 valence electrons. The number of amides is 1. The second-order valence-electron chi connectivity index (χ2n) is 6.72. The molecule has 0 aliphatic carbocycles. The highest BCUT2D eigenvalue weighted by Crippen LogP contribution is 2.26. The summed E-state index contributed by atoms with van der Waals surface area (Å²) in [5.74, 6) is -0.335. The van der Waals surface area contributed by atoms with E-state index >= 15 is 0 Å². The summed E-state index contributed by atoms with van der Waals surface area (Å²) in [6.07, 6.45) is -2.94. The van der Waals surface area contributed by atoms with Gasteiger partial charge in [0.25, 0.3) is 11.5 Å². The number of fused-ring (bicyclic) bond motifs is 1. The fourth-order valence-corrected chi connectivity index (χ4v) is 3.60. The SMILES string of the molecule is Cn1c(-c2cccc(OCC(F)(F)F)c2)nc2c(C(=O)Nc3nccs3)cccc2c1=O. The number of thiazole rings is 1. The van der Waals surface area contributed by atoms with Crippen molar-refractivity contribution in [1.82, 2.24) is 14.5 Å². The second-order valence-corrected chi connectivity index (χ2v) is 7.62. The molecule has 11 heteroatoms. The summed E-state index contributed by atoms with van der Waals surface area (Å²) in [6, 6.07) is 10.5. The minimum atomic E-state index is -4.48. The van der Waals surface area contributed by atoms with Crippen LogP contribution in [-0.2, 0) is 7.05 Å². The summed E-state index contributed by atoms with van der Waals surface area (Å²) < 4.78 is 43.5. The summed E-state index contributed by atoms with van der Waals surface area (Å²) in [5.41, 5.74) is 0.291. The number of nitrogens with zero attached hydrogens (tertiary/aromatic N) is 3. The van der Waals surface area contributed by atoms with Crippen molar-refractivity contribution in [3.63, 3.8) is 0 Å². The Morgan fingerprint density at radius 1 is 1.22 bits per heavy atom. The normalized spacial score (nSPS) is 11.5. The van der Waals surface area contributed by atoms with Crippen molar-refractivity contribution in [3.05, 3.63) is 70.0 Å². The van der Waals surface area contributed by atoms with Crippen LogP contribution < -0.4 is 15.6 Å². The van der Waals surface area contributed by atoms with Crippen molar-refractivity contribution >= 4 is 33.3 Å². The average Bonchev–Trinajstić information content (AvgIpc) is 3.27. The molecule has 7 nitrogen and oxygen atoms in total. The van der Waals surface area contributed by atoms with Crippen molar-refractivity contribution in [2.24, 2.45) is 7.05 Å². The Morgan fingerprint density at radius 2 is 2.00 bits per heavy atom. The number of carbonyl (C=O) groups excluding carboxylic acids is 1. The van der Waals surface area contributed by atoms with Crippen LogP contribution in [-0.4, -0.2) is 33.2 Å². The number of aromatic nitrogens is 3. The van der Waals surface area contributed by atoms with E-state index < -0.39 is 24.2 Å². The van der Waals surface area contributed by atoms with Crippen LogP contribution in [0.4, 0.5) is 18.3 Å². The van der Waals surface area contributed by atoms with Gasteiger partial charge in [-0.15, -0.1) is 11.3 Å². The summed E-state index contributed by atoms with van der Waals surface area (Å²) in [7, 11) is 1.50. The third-order valence-corrected chi connectivity index (χ3v) is 5.19. The van der Waals surface area contributed by atoms with Crippen LogP contribution in [0.3, 0.4) is 0 Å². The fourth-order valence-electron chi connectivity index (χ4n) is 3.08. The number of benzene rings is 2. The standard InChI is InChI=1S/C21H15F3N4O3S/c1-28-17(12-4-2-5-13(10-12)31-11-21(22,23)24)26-16-14(6-3-7-15(16)19(28)30)18(29)27-20-25-8-9-32-20/h2-10H,11H2,1H3,(H,25,27,29). The molecule has 2 heterocycles. The minimum Gasteiger partial charge on any atom is -0.484 e. The first kappa shape index (κ1) is 21.5. The predicted molar refractivity (Wildman–Crippen MR) is 114 cm³/mol. The van der Waals surface area contributed by atoms with Crippen molar-refractivity contribution in [2.75, 3.05) is 11.9 Å². The molecule has 4 aromatic rings. The van der Waals surface area contributed by atoms with E-state index in [1.165, 1.54) is 47.2 Å². The molecule has 0 radical (unpaired) electrons. The van der Waals surface area contributed by atoms with Crippen molar-refractivity contribution in [2.45, 2.75) is 6.18 Å². The van der Waals surface area contributed by atoms with E-state index in [-0.39, 0.29) is 28.0 Å². The van der Waals surface area contributed by atoms with Gasteiger partial charge in [0.05, 0.1) is 16.5 Å². The zero-order valence-corrected chi connectivity index (χ0v) is 17.3. The topological polar surface area (TPSA) is 86.1 Å². The first-order valence-corrected chi connectivity index (χ1v) is 10.1. The molecule has 32 heavy (non-hydrogen) atoms. The van der Waals surface area contributed by atoms with Crippen LogP contribution >= 0.6 is 11.3 Å². The average molecular weight is 460 g/mol. The quantitative estimate of drug-likeness (QED) is 0.481. The Kier molecular flexibility index (Phi) is 5.66. The molecule has 4 rings (SSSR count). The molecule has 2 aromatic heterocycles. The van der Waals surface area contributed by atoms with Crippen LogP contribution in [0.5, 0.6) is 5.75 Å². The van der Waals surface area contributed by atoms with E-state index in [0.29, 0.717) is 10.7 Å². The summed E-state index contributed by atoms with van der Waals surface area (Å²) in [6.45, 7) is -1.44. The zero-order chi connectivity index (χ0) is 22.9. The van der Waals surface area contributed by atoms with E-state index in [4.69, 9.17) is 4.74 Å². The molecule has 0 unspecified atom stereocenters. The van der Waals surface area contributed by atoms with Crippen LogP contribution in [0.15, 0.2) is 58.8 Å². The monoisotopic (exact) mass is 460 g/mol. The van der Waals surface area contributed by atoms with Crippen molar-refractivity contribution in [1.29, 1.82) is 0 Å². The smallest absolute Gasteiger partial charge is 0.422 e. The van der Waals surface area contributed by atoms with Gasteiger partial charge in [0.15, 0.2) is 11.7 Å². The first-order valence-electron chi connectivity index (χ1n) is 9.23. The number of carbonyl (C=O) groups is 1. The van der Waals surface area contributed by atoms with Gasteiger partial charge in [-0.05, 0) is 24.3 Å². The number of anilines is 1. The maximum atomic E-state index is 13.0. The number of nitrogens with one attached hydrogen (secondary N) is 1. The Hall–Kier alpha value is -3.73. The third kappa shape index (κ3) is 4.47. The van der Waals surface area contributed by atoms with Gasteiger partial charge >= 0.3 is 6.18 Å². The Bertz CT molecular complexity index is 1350. The maximum absolute atomic E-state index is 13.0. The first-order chi connectivity index (χ1) is 15.2. The van der Waals surface area contributed by atoms with Gasteiger partial charge in [-0.3, -0.25) is 19.5 Å². The van der Waals surface area contributed by atoms with E-state index in [1.54, 1.807) is 29.8 Å². The predicted octanol–water partition coefficient (Wildman–Crippen LogP) is 4.25. The number of hydrogen-bond donors (Lipinski definition) is 1. The van der Waals surface area contributed by atoms with Gasteiger partial charge in [0.2, 0.25) is 0 Å². The minimum absolute atomic E-state index is 0.0241. The molecule has 0 saturated carbocycles. The lowest BCUT2D eigenvalue weighted by Gasteiger charge is -2.13. The van der Waals surface area contributed by atoms with Crippen molar-refractivity contribution in [3.8, 4) is 17.1 Å². The van der Waals surface area contributed by atoms with Crippen LogP contribution in [0.2, 0.25) is 0 Å². The lowest BCUT2D eigenvalue weighted by molar-refractivity contribution is -0.153. The van der Waals surface area contributed by atoms with Crippen LogP contribution in [0.1, 0.15) is 10.4 Å². The van der Waals surface area contributed by atoms with Crippen LogP contribution in [0.25, 0.3) is 22.3 Å². The second kappa shape index (κ2) is 8.42. The molecule has 0 spiro atoms. The molecular weight excluding hydrogens is 445 g/mol. The highest BCUT2D eigenvalue weighted by Gasteiger charge is 2.28. The van der Waals surface area contributed by atoms with Gasteiger partial charge in [0.1, 0.15) is 11.6 Å². The lowest BCUT2D eigenvalue weighted by Crippen LogP contribution is -2.22. The van der Waals surface area contributed by atoms with Gasteiger partial charge in [-0.2, -0.15) is 13.2 Å². The lowest BCUT2D eigenvalue weighted by atomic mass is 10.1. The largest absolute Gasteiger partial charge is 0.484 e. The molecule has 0 aliphatic heterocycles. The highest BCUT2D eigenvalue weighted by molar-refractivity contribution is 7.13. The molecule has 1 N–H and O–H groups in total. The number of halogens is 3. The molecule has 2 aromatic carbocycles. The number of para-hydroxylation sites is 1. The Labute approximate surface area is 183 Å². The van der Waals surface area contributed by atoms with Gasteiger partial charge < -0.3 is 4.74 Å². The van der Waals surface area contributed by atoms with Gasteiger partial charge in [-0.1, -0.05) is 18.2 Å². The highest BCUT2D eigenvalue weighted by atomic mass is 32.1. The molecule has 0 atom stereocenters. The van der Waals surface area contributed by atoms with Crippen molar-refractivity contribution < 1.29 is 22.7 Å². The van der Waals surface area contributed by atoms with Gasteiger partial charge in [-0.25, -0.2) is 9.97 Å². The third-order valence-electron chi connectivity index (χ3n) is 4.50. The van der Waals surface area contributed by atoms with E-state index in [1.807, 2.05) is 0 Å². The number of alkyl halides is 3. The molecule has 1 amide bonds. The summed E-state index contributed by atoms with van der Waals surface area (Å²) in [4.78, 5) is 34.3. The maximum Gasteiger partial charge on any atom is 0.422 e. The molecule has 0 aliphatic rings. The number of rotatable bonds is 5. The van der Waals surface area contributed by atoms with E-state index in [2.05, 4.69) is 15.3 Å². The van der Waals surface area contributed by atoms with E-state index in [0.717, 1.165) is 0 Å². The summed E-state index contributed by atoms with van der Waals surface area (Å²) >= 11 is 1.24. The van der Waals surface area contributed by atoms with Gasteiger partial charge in [0, 0.05) is 24.2 Å². The fraction of sp³-hybridized carbons (Fsp3) is 0.143. The zero-order valence-electron chi connectivity index (χ0n) is 16.5. The summed E-state index contributed by atoms with van der Waals surface area (Å²) in [5, 5.41) is 4.99. The molecule has 0 saturated heterocycles. The molecule has 0 bridgehead atoms. The number of hydrogen-bond acceptors (Lipinski definition) is 6. The van der Waals surface area contributed by atoms with E-state index in [9.17, 15) is 22.8 Å². The Morgan fingerprint density at radius 3 is 2.72 bits per heavy atom. The van der Waals surface area contributed by atoms with Crippen LogP contribution in [0, 0.1) is 0 Å².